The molecule has 0 aliphatic rings. The van der Waals surface area contributed by atoms with Crippen LogP contribution in [0.2, 0.25) is 0 Å². The van der Waals surface area contributed by atoms with Gasteiger partial charge in [0.1, 0.15) is 0 Å². The summed E-state index contributed by atoms with van der Waals surface area (Å²) in [4.78, 5) is 44.5. The number of nitrogens with two attached hydrogens (primary N) is 1. The van der Waals surface area contributed by atoms with Gasteiger partial charge < -0.3 is 20.4 Å². The monoisotopic (exact) mass is 434 g/mol. The molecule has 0 aromatic carbocycles. The molecular weight excluding hydrogens is 400 g/mol. The van der Waals surface area contributed by atoms with E-state index in [1.165, 1.54) is 0 Å². The normalized spacial score (nSPS) is 14.0. The molecule has 0 fully saturated rings. The summed E-state index contributed by atoms with van der Waals surface area (Å²) in [5.41, 5.74) is 7.30. The van der Waals surface area contributed by atoms with Gasteiger partial charge in [-0.1, -0.05) is 19.3 Å². The lowest BCUT2D eigenvalue weighted by molar-refractivity contribution is -0.144. The molecule has 0 heterocycles. The second-order valence-corrected chi connectivity index (χ2v) is 7.24. The molecule has 3 unspecified atom stereocenters. The zero-order chi connectivity index (χ0) is 22.9. The third-order valence-corrected chi connectivity index (χ3v) is 4.99. The average Bonchev–Trinajstić information content (AvgIpc) is 2.66. The van der Waals surface area contributed by atoms with E-state index < -0.39 is 41.6 Å². The Hall–Kier alpha value is -2.28. The Morgan fingerprint density at radius 1 is 0.667 bits per heavy atom. The van der Waals surface area contributed by atoms with Crippen molar-refractivity contribution in [3.63, 3.8) is 0 Å². The second-order valence-electron chi connectivity index (χ2n) is 7.24. The standard InChI is InChI=1S/C18H34N4O8/c19-21-22-20-11-10-14(18(29)30)5-2-1-4-12(16(25)26)6-3-7-13(17(27)28)8-9-15(23)24/h12-14,20-22H,1-11,19H2,(H,23,24)(H,25,26)(H,27,28)(H,29,30). The second kappa shape index (κ2) is 16.5. The number of rotatable bonds is 20. The van der Waals surface area contributed by atoms with Gasteiger partial charge in [0, 0.05) is 13.0 Å². The van der Waals surface area contributed by atoms with Crippen LogP contribution in [-0.2, 0) is 19.2 Å². The third kappa shape index (κ3) is 13.8. The number of hydrogen-bond acceptors (Lipinski definition) is 8. The SMILES string of the molecule is NNNNCCC(CCCCC(CCCC(CCC(=O)O)C(=O)O)C(=O)O)C(=O)O. The van der Waals surface area contributed by atoms with Crippen LogP contribution < -0.4 is 22.3 Å². The lowest BCUT2D eigenvalue weighted by Gasteiger charge is -2.16. The van der Waals surface area contributed by atoms with Crippen molar-refractivity contribution < 1.29 is 39.6 Å². The summed E-state index contributed by atoms with van der Waals surface area (Å²) < 4.78 is 0. The Morgan fingerprint density at radius 3 is 1.53 bits per heavy atom. The van der Waals surface area contributed by atoms with Crippen molar-refractivity contribution >= 4 is 23.9 Å². The van der Waals surface area contributed by atoms with Crippen LogP contribution in [0, 0.1) is 17.8 Å². The molecule has 9 N–H and O–H groups in total. The zero-order valence-electron chi connectivity index (χ0n) is 17.0. The highest BCUT2D eigenvalue weighted by Crippen LogP contribution is 2.23. The van der Waals surface area contributed by atoms with Crippen LogP contribution in [-0.4, -0.2) is 50.8 Å². The first kappa shape index (κ1) is 27.7. The summed E-state index contributed by atoms with van der Waals surface area (Å²) in [5.74, 6) is -0.990. The van der Waals surface area contributed by atoms with Crippen molar-refractivity contribution in [1.82, 2.24) is 16.5 Å². The largest absolute Gasteiger partial charge is 0.481 e. The Bertz CT molecular complexity index is 546. The highest BCUT2D eigenvalue weighted by atomic mass is 16.4. The van der Waals surface area contributed by atoms with Gasteiger partial charge in [-0.05, 0) is 38.5 Å². The number of hydrazine groups is 3. The first-order valence-electron chi connectivity index (χ1n) is 10.0. The fourth-order valence-corrected chi connectivity index (χ4v) is 3.22. The lowest BCUT2D eigenvalue weighted by atomic mass is 9.90. The van der Waals surface area contributed by atoms with Crippen LogP contribution in [0.25, 0.3) is 0 Å². The fraction of sp³-hybridized carbons (Fsp3) is 0.778. The smallest absolute Gasteiger partial charge is 0.306 e. The summed E-state index contributed by atoms with van der Waals surface area (Å²) in [6, 6.07) is 0. The first-order valence-corrected chi connectivity index (χ1v) is 10.0. The van der Waals surface area contributed by atoms with Crippen LogP contribution in [0.3, 0.4) is 0 Å². The predicted molar refractivity (Wildman–Crippen MR) is 106 cm³/mol. The number of carbonyl (C=O) groups is 4. The van der Waals surface area contributed by atoms with Gasteiger partial charge in [-0.15, -0.1) is 0 Å². The van der Waals surface area contributed by atoms with E-state index in [1.807, 2.05) is 0 Å². The predicted octanol–water partition coefficient (Wildman–Crippen LogP) is 0.547. The van der Waals surface area contributed by atoms with Gasteiger partial charge in [-0.2, -0.15) is 11.1 Å². The molecule has 174 valence electrons. The summed E-state index contributed by atoms with van der Waals surface area (Å²) >= 11 is 0. The third-order valence-electron chi connectivity index (χ3n) is 4.99. The molecule has 0 radical (unpaired) electrons. The minimum absolute atomic E-state index is 0.0186. The molecule has 0 aliphatic carbocycles. The van der Waals surface area contributed by atoms with Gasteiger partial charge in [-0.3, -0.25) is 25.0 Å². The van der Waals surface area contributed by atoms with E-state index in [9.17, 15) is 29.4 Å². The summed E-state index contributed by atoms with van der Waals surface area (Å²) in [7, 11) is 0. The number of hydrogen-bond donors (Lipinski definition) is 8. The number of unbranched alkanes of at least 4 members (excludes halogenated alkanes) is 1. The Labute approximate surface area is 175 Å². The minimum atomic E-state index is -1.07. The molecule has 12 heteroatoms. The molecule has 0 amide bonds. The summed E-state index contributed by atoms with van der Waals surface area (Å²) in [6.45, 7) is 0.394. The van der Waals surface area contributed by atoms with Gasteiger partial charge in [0.2, 0.25) is 0 Å². The van der Waals surface area contributed by atoms with Gasteiger partial charge in [-0.25, -0.2) is 5.43 Å². The van der Waals surface area contributed by atoms with Gasteiger partial charge >= 0.3 is 23.9 Å². The fourth-order valence-electron chi connectivity index (χ4n) is 3.22. The van der Waals surface area contributed by atoms with E-state index in [2.05, 4.69) is 16.5 Å². The quantitative estimate of drug-likeness (QED) is 0.0749. The number of aliphatic carboxylic acids is 4. The summed E-state index contributed by atoms with van der Waals surface area (Å²) in [5, 5.41) is 36.4. The average molecular weight is 434 g/mol. The molecule has 3 atom stereocenters. The van der Waals surface area contributed by atoms with Crippen LogP contribution >= 0.6 is 0 Å². The molecule has 0 saturated carbocycles. The molecular formula is C18H34N4O8. The van der Waals surface area contributed by atoms with Crippen molar-refractivity contribution in [3.05, 3.63) is 0 Å². The van der Waals surface area contributed by atoms with Crippen LogP contribution in [0.5, 0.6) is 0 Å². The number of carboxylic acids is 4. The van der Waals surface area contributed by atoms with Gasteiger partial charge in [0.25, 0.3) is 0 Å². The van der Waals surface area contributed by atoms with E-state index in [-0.39, 0.29) is 19.3 Å². The molecule has 12 nitrogen and oxygen atoms in total. The van der Waals surface area contributed by atoms with Crippen molar-refractivity contribution in [1.29, 1.82) is 0 Å². The molecule has 0 rings (SSSR count). The number of carboxylic acid groups (broad SMARTS) is 4. The lowest BCUT2D eigenvalue weighted by Crippen LogP contribution is -2.47. The van der Waals surface area contributed by atoms with Crippen molar-refractivity contribution in [2.45, 2.75) is 64.2 Å². The van der Waals surface area contributed by atoms with E-state index in [1.54, 1.807) is 0 Å². The zero-order valence-corrected chi connectivity index (χ0v) is 17.0. The van der Waals surface area contributed by atoms with Crippen LogP contribution in [0.1, 0.15) is 64.2 Å². The molecule has 30 heavy (non-hydrogen) atoms. The van der Waals surface area contributed by atoms with Crippen molar-refractivity contribution in [3.8, 4) is 0 Å². The molecule has 0 aromatic heterocycles. The Balaban J connectivity index is 4.29. The maximum Gasteiger partial charge on any atom is 0.306 e. The van der Waals surface area contributed by atoms with Gasteiger partial charge in [0.05, 0.1) is 17.8 Å². The van der Waals surface area contributed by atoms with Crippen molar-refractivity contribution in [2.75, 3.05) is 6.54 Å². The van der Waals surface area contributed by atoms with E-state index in [4.69, 9.17) is 16.1 Å². The Kier molecular flexibility index (Phi) is 15.3. The number of nitrogens with one attached hydrogen (secondary N) is 3. The topological polar surface area (TPSA) is 211 Å². The van der Waals surface area contributed by atoms with E-state index in [0.717, 1.165) is 0 Å². The summed E-state index contributed by atoms with van der Waals surface area (Å²) in [6.07, 6.45) is 3.00. The maximum absolute atomic E-state index is 11.4. The Morgan fingerprint density at radius 2 is 1.10 bits per heavy atom. The van der Waals surface area contributed by atoms with E-state index in [0.29, 0.717) is 51.5 Å². The maximum atomic E-state index is 11.4. The van der Waals surface area contributed by atoms with E-state index >= 15 is 0 Å². The van der Waals surface area contributed by atoms with Gasteiger partial charge in [0.15, 0.2) is 0 Å². The molecule has 0 bridgehead atoms. The molecule has 0 aromatic rings. The molecule has 0 saturated heterocycles. The van der Waals surface area contributed by atoms with Crippen LogP contribution in [0.4, 0.5) is 0 Å². The molecule has 0 aliphatic heterocycles. The van der Waals surface area contributed by atoms with Crippen LogP contribution in [0.15, 0.2) is 0 Å². The highest BCUT2D eigenvalue weighted by molar-refractivity contribution is 5.72. The highest BCUT2D eigenvalue weighted by Gasteiger charge is 2.22. The minimum Gasteiger partial charge on any atom is -0.481 e. The molecule has 0 spiro atoms. The van der Waals surface area contributed by atoms with Crippen molar-refractivity contribution in [2.24, 2.45) is 23.6 Å². The first-order chi connectivity index (χ1) is 14.2.